The summed E-state index contributed by atoms with van der Waals surface area (Å²) in [6.07, 6.45) is 0.679. The maximum absolute atomic E-state index is 14.0. The molecule has 210 valence electrons. The Balaban J connectivity index is 1.38. The first kappa shape index (κ1) is 27.2. The zero-order valence-electron chi connectivity index (χ0n) is 21.8. The van der Waals surface area contributed by atoms with Gasteiger partial charge in [0.25, 0.3) is 5.91 Å². The second kappa shape index (κ2) is 10.7. The van der Waals surface area contributed by atoms with Crippen LogP contribution in [-0.2, 0) is 14.4 Å². The summed E-state index contributed by atoms with van der Waals surface area (Å²) in [5.74, 6) is -5.60. The lowest BCUT2D eigenvalue weighted by Crippen LogP contribution is -2.54. The smallest absolute Gasteiger partial charge is 0.271 e. The van der Waals surface area contributed by atoms with Crippen molar-refractivity contribution in [2.75, 3.05) is 20.3 Å². The predicted molar refractivity (Wildman–Crippen MR) is 136 cm³/mol. The molecule has 2 aromatic rings. The number of ether oxygens (including phenoxy) is 1. The number of aliphatic hydroxyl groups excluding tert-OH is 1. The molecule has 2 amide bonds. The summed E-state index contributed by atoms with van der Waals surface area (Å²) in [7, 11) is 1.54. The van der Waals surface area contributed by atoms with Crippen LogP contribution in [0.2, 0.25) is 0 Å². The molecule has 3 fully saturated rings. The molecule has 5 rings (SSSR count). The lowest BCUT2D eigenvalue weighted by Gasteiger charge is -2.32. The molecule has 0 bridgehead atoms. The molecule has 2 heterocycles. The van der Waals surface area contributed by atoms with Crippen LogP contribution in [0.3, 0.4) is 0 Å². The summed E-state index contributed by atoms with van der Waals surface area (Å²) >= 11 is 0. The first-order chi connectivity index (χ1) is 18.6. The number of Topliss-reactive ketones (excluding diaryl/α,β-unsaturated/α-hetero) is 2. The standard InChI is InChI=1S/C28H33F2N3O6/c1-39-24-7-3-6-19-18(24)11-21(31-19)27(38)33-13-15-4-2-5-17(15)25(33)26(37)32-20(23(36)14-34)10-16-12-28(29,30)9-8-22(16)35/h3,6-7,11,15-17,20,25,31,34H,2,4-5,8-10,12-14H2,1H3,(H,32,37)/t15-,16+,17-,20-,25-/m0/s1. The minimum Gasteiger partial charge on any atom is -0.496 e. The van der Waals surface area contributed by atoms with Gasteiger partial charge in [0.05, 0.1) is 13.2 Å². The summed E-state index contributed by atoms with van der Waals surface area (Å²) in [4.78, 5) is 56.9. The number of fused-ring (bicyclic) bond motifs is 2. The van der Waals surface area contributed by atoms with Crippen molar-refractivity contribution in [3.63, 3.8) is 0 Å². The number of H-pyrrole nitrogens is 1. The van der Waals surface area contributed by atoms with Gasteiger partial charge < -0.3 is 25.0 Å². The van der Waals surface area contributed by atoms with E-state index in [0.717, 1.165) is 24.6 Å². The van der Waals surface area contributed by atoms with Gasteiger partial charge in [0, 0.05) is 42.6 Å². The number of hydrogen-bond donors (Lipinski definition) is 3. The number of carbonyl (C=O) groups is 4. The normalized spacial score (nSPS) is 26.9. The first-order valence-electron chi connectivity index (χ1n) is 13.4. The van der Waals surface area contributed by atoms with Gasteiger partial charge in [0.1, 0.15) is 29.9 Å². The van der Waals surface area contributed by atoms with E-state index in [4.69, 9.17) is 4.74 Å². The number of aliphatic hydroxyl groups is 1. The number of amides is 2. The Morgan fingerprint density at radius 3 is 2.82 bits per heavy atom. The van der Waals surface area contributed by atoms with Crippen LogP contribution >= 0.6 is 0 Å². The summed E-state index contributed by atoms with van der Waals surface area (Å²) in [6, 6.07) is 4.92. The van der Waals surface area contributed by atoms with Crippen LogP contribution in [0.5, 0.6) is 5.75 Å². The third kappa shape index (κ3) is 5.28. The Labute approximate surface area is 224 Å². The topological polar surface area (TPSA) is 129 Å². The number of alkyl halides is 2. The zero-order chi connectivity index (χ0) is 27.9. The molecule has 0 radical (unpaired) electrons. The van der Waals surface area contributed by atoms with Gasteiger partial charge >= 0.3 is 0 Å². The molecule has 1 aromatic carbocycles. The van der Waals surface area contributed by atoms with Gasteiger partial charge in [-0.2, -0.15) is 0 Å². The highest BCUT2D eigenvalue weighted by Gasteiger charge is 2.50. The molecule has 1 saturated heterocycles. The number of aromatic nitrogens is 1. The van der Waals surface area contributed by atoms with Crippen molar-refractivity contribution < 1.29 is 37.8 Å². The number of halogens is 2. The van der Waals surface area contributed by atoms with Crippen molar-refractivity contribution in [1.29, 1.82) is 0 Å². The van der Waals surface area contributed by atoms with E-state index in [9.17, 15) is 33.1 Å². The van der Waals surface area contributed by atoms with E-state index in [1.807, 2.05) is 6.07 Å². The first-order valence-corrected chi connectivity index (χ1v) is 13.4. The molecular weight excluding hydrogens is 512 g/mol. The highest BCUT2D eigenvalue weighted by molar-refractivity contribution is 6.02. The maximum Gasteiger partial charge on any atom is 0.271 e. The van der Waals surface area contributed by atoms with Crippen molar-refractivity contribution in [1.82, 2.24) is 15.2 Å². The van der Waals surface area contributed by atoms with Crippen LogP contribution in [0.4, 0.5) is 8.78 Å². The average molecular weight is 546 g/mol. The van der Waals surface area contributed by atoms with Crippen molar-refractivity contribution in [3.8, 4) is 5.75 Å². The van der Waals surface area contributed by atoms with E-state index in [1.165, 1.54) is 12.0 Å². The molecule has 1 aromatic heterocycles. The monoisotopic (exact) mass is 545 g/mol. The van der Waals surface area contributed by atoms with Gasteiger partial charge in [0.2, 0.25) is 11.8 Å². The number of hydrogen-bond acceptors (Lipinski definition) is 6. The lowest BCUT2D eigenvalue weighted by atomic mass is 9.81. The van der Waals surface area contributed by atoms with Crippen molar-refractivity contribution in [3.05, 3.63) is 30.0 Å². The van der Waals surface area contributed by atoms with Crippen molar-refractivity contribution in [2.24, 2.45) is 17.8 Å². The van der Waals surface area contributed by atoms with Crippen LogP contribution in [-0.4, -0.2) is 76.6 Å². The van der Waals surface area contributed by atoms with E-state index in [-0.39, 0.29) is 36.4 Å². The summed E-state index contributed by atoms with van der Waals surface area (Å²) in [5.41, 5.74) is 1.01. The highest BCUT2D eigenvalue weighted by Crippen LogP contribution is 2.43. The van der Waals surface area contributed by atoms with Gasteiger partial charge in [-0.15, -0.1) is 0 Å². The lowest BCUT2D eigenvalue weighted by molar-refractivity contribution is -0.138. The van der Waals surface area contributed by atoms with Gasteiger partial charge in [-0.05, 0) is 49.3 Å². The molecule has 5 atom stereocenters. The number of methoxy groups -OCH3 is 1. The van der Waals surface area contributed by atoms with Crippen LogP contribution in [0, 0.1) is 17.8 Å². The summed E-state index contributed by atoms with van der Waals surface area (Å²) in [6.45, 7) is -0.529. The van der Waals surface area contributed by atoms with E-state index in [1.54, 1.807) is 18.2 Å². The fourth-order valence-corrected chi connectivity index (χ4v) is 6.65. The second-order valence-corrected chi connectivity index (χ2v) is 11.0. The quantitative estimate of drug-likeness (QED) is 0.468. The third-order valence-electron chi connectivity index (χ3n) is 8.61. The van der Waals surface area contributed by atoms with Gasteiger partial charge in [0.15, 0.2) is 5.78 Å². The number of nitrogens with one attached hydrogen (secondary N) is 2. The fourth-order valence-electron chi connectivity index (χ4n) is 6.65. The van der Waals surface area contributed by atoms with Crippen LogP contribution < -0.4 is 10.1 Å². The van der Waals surface area contributed by atoms with Gasteiger partial charge in [-0.25, -0.2) is 8.78 Å². The minimum absolute atomic E-state index is 0.113. The number of benzene rings is 1. The second-order valence-electron chi connectivity index (χ2n) is 11.0. The average Bonchev–Trinajstić information content (AvgIpc) is 3.63. The van der Waals surface area contributed by atoms with Gasteiger partial charge in [-0.3, -0.25) is 19.2 Å². The molecule has 0 unspecified atom stereocenters. The maximum atomic E-state index is 14.0. The third-order valence-corrected chi connectivity index (χ3v) is 8.61. The number of nitrogens with zero attached hydrogens (tertiary/aromatic N) is 1. The Kier molecular flexibility index (Phi) is 7.45. The van der Waals surface area contributed by atoms with Crippen molar-refractivity contribution >= 4 is 34.3 Å². The van der Waals surface area contributed by atoms with E-state index < -0.39 is 55.1 Å². The van der Waals surface area contributed by atoms with E-state index in [0.29, 0.717) is 23.5 Å². The van der Waals surface area contributed by atoms with E-state index >= 15 is 0 Å². The molecule has 1 aliphatic heterocycles. The molecule has 0 spiro atoms. The number of likely N-dealkylation sites (tertiary alicyclic amines) is 1. The van der Waals surface area contributed by atoms with Crippen LogP contribution in [0.1, 0.15) is 55.4 Å². The molecule has 2 aliphatic carbocycles. The van der Waals surface area contributed by atoms with Crippen LogP contribution in [0.25, 0.3) is 10.9 Å². The fraction of sp³-hybridized carbons (Fsp3) is 0.571. The molecule has 3 aliphatic rings. The molecule has 11 heteroatoms. The number of carbonyl (C=O) groups excluding carboxylic acids is 4. The zero-order valence-corrected chi connectivity index (χ0v) is 21.8. The van der Waals surface area contributed by atoms with Crippen LogP contribution in [0.15, 0.2) is 24.3 Å². The van der Waals surface area contributed by atoms with E-state index in [2.05, 4.69) is 10.3 Å². The largest absolute Gasteiger partial charge is 0.496 e. The summed E-state index contributed by atoms with van der Waals surface area (Å²) in [5, 5.41) is 12.9. The summed E-state index contributed by atoms with van der Waals surface area (Å²) < 4.78 is 33.4. The molecule has 2 saturated carbocycles. The Bertz CT molecular complexity index is 1290. The number of aromatic amines is 1. The Morgan fingerprint density at radius 1 is 1.28 bits per heavy atom. The predicted octanol–water partition coefficient (Wildman–Crippen LogP) is 2.86. The number of rotatable bonds is 8. The highest BCUT2D eigenvalue weighted by atomic mass is 19.3. The molecule has 9 nitrogen and oxygen atoms in total. The Hall–Kier alpha value is -3.34. The number of ketones is 2. The van der Waals surface area contributed by atoms with Crippen molar-refractivity contribution in [2.45, 2.75) is 63.0 Å². The molecular formula is C28H33F2N3O6. The molecule has 39 heavy (non-hydrogen) atoms. The minimum atomic E-state index is -3.02. The SMILES string of the molecule is COc1cccc2[nH]c(C(=O)N3C[C@@H]4CCC[C@@H]4[C@H]3C(=O)N[C@@H](C[C@@H]3CC(F)(F)CCC3=O)C(=O)CO)cc12. The Morgan fingerprint density at radius 2 is 2.08 bits per heavy atom. The van der Waals surface area contributed by atoms with Gasteiger partial charge in [-0.1, -0.05) is 12.5 Å². The molecule has 3 N–H and O–H groups in total.